The van der Waals surface area contributed by atoms with E-state index in [0.29, 0.717) is 0 Å². The molecule has 0 aliphatic heterocycles. The van der Waals surface area contributed by atoms with Crippen LogP contribution in [-0.4, -0.2) is 32.6 Å². The van der Waals surface area contributed by atoms with Crippen molar-refractivity contribution >= 4 is 21.8 Å². The minimum absolute atomic E-state index is 0.210. The molecule has 6 nitrogen and oxygen atoms in total. The number of nitrogens with one attached hydrogen (secondary N) is 1. The summed E-state index contributed by atoms with van der Waals surface area (Å²) in [5.74, 6) is -0.380. The van der Waals surface area contributed by atoms with Crippen molar-refractivity contribution in [3.63, 3.8) is 0 Å². The summed E-state index contributed by atoms with van der Waals surface area (Å²) in [7, 11) is 1.68. The van der Waals surface area contributed by atoms with Gasteiger partial charge in [-0.25, -0.2) is 0 Å². The number of aliphatic hydroxyl groups is 1. The first-order chi connectivity index (χ1) is 9.44. The maximum Gasteiger partial charge on any atom is 0.274 e. The monoisotopic (exact) mass is 338 g/mol. The van der Waals surface area contributed by atoms with E-state index in [-0.39, 0.29) is 18.2 Å². The van der Waals surface area contributed by atoms with E-state index in [1.165, 1.54) is 10.9 Å². The molecule has 1 aromatic carbocycles. The van der Waals surface area contributed by atoms with Gasteiger partial charge in [-0.15, -0.1) is 5.10 Å². The second kappa shape index (κ2) is 5.72. The van der Waals surface area contributed by atoms with Gasteiger partial charge in [0.15, 0.2) is 5.69 Å². The lowest BCUT2D eigenvalue weighted by atomic mass is 9.93. The average molecular weight is 339 g/mol. The molecule has 2 N–H and O–H groups in total. The van der Waals surface area contributed by atoms with Crippen molar-refractivity contribution in [2.75, 3.05) is 6.61 Å². The Bertz CT molecular complexity index is 628. The summed E-state index contributed by atoms with van der Waals surface area (Å²) in [5.41, 5.74) is 0.118. The zero-order valence-electron chi connectivity index (χ0n) is 11.2. The van der Waals surface area contributed by atoms with Crippen LogP contribution in [0.15, 0.2) is 34.9 Å². The molecule has 0 fully saturated rings. The highest BCUT2D eigenvalue weighted by Crippen LogP contribution is 2.23. The molecule has 7 heteroatoms. The van der Waals surface area contributed by atoms with E-state index in [2.05, 4.69) is 31.6 Å². The standard InChI is InChI=1S/C13H15BrN4O2/c1-13(8-19,9-4-3-5-10(14)6-9)15-12(20)11-7-18(2)17-16-11/h3-7,19H,8H2,1-2H3,(H,15,20). The molecule has 2 rings (SSSR count). The number of benzene rings is 1. The number of carbonyl (C=O) groups is 1. The molecule has 1 amide bonds. The summed E-state index contributed by atoms with van der Waals surface area (Å²) in [5, 5.41) is 19.9. The highest BCUT2D eigenvalue weighted by Gasteiger charge is 2.29. The number of hydrogen-bond donors (Lipinski definition) is 2. The molecule has 0 aliphatic carbocycles. The van der Waals surface area contributed by atoms with E-state index >= 15 is 0 Å². The summed E-state index contributed by atoms with van der Waals surface area (Å²) in [6.07, 6.45) is 1.52. The van der Waals surface area contributed by atoms with E-state index in [9.17, 15) is 9.90 Å². The lowest BCUT2D eigenvalue weighted by Gasteiger charge is -2.29. The summed E-state index contributed by atoms with van der Waals surface area (Å²) in [6, 6.07) is 7.43. The first kappa shape index (κ1) is 14.7. The van der Waals surface area contributed by atoms with Crippen LogP contribution < -0.4 is 5.32 Å². The van der Waals surface area contributed by atoms with Gasteiger partial charge in [0.05, 0.1) is 18.3 Å². The van der Waals surface area contributed by atoms with Gasteiger partial charge in [0.2, 0.25) is 0 Å². The largest absolute Gasteiger partial charge is 0.394 e. The Morgan fingerprint density at radius 3 is 2.85 bits per heavy atom. The van der Waals surface area contributed by atoms with Crippen LogP contribution in [-0.2, 0) is 12.6 Å². The minimum Gasteiger partial charge on any atom is -0.394 e. The predicted molar refractivity (Wildman–Crippen MR) is 77.0 cm³/mol. The predicted octanol–water partition coefficient (Wildman–Crippen LogP) is 1.22. The van der Waals surface area contributed by atoms with Crippen molar-refractivity contribution < 1.29 is 9.90 Å². The highest BCUT2D eigenvalue weighted by atomic mass is 79.9. The Morgan fingerprint density at radius 2 is 2.30 bits per heavy atom. The zero-order valence-corrected chi connectivity index (χ0v) is 12.8. The van der Waals surface area contributed by atoms with E-state index in [1.54, 1.807) is 14.0 Å². The molecule has 0 saturated carbocycles. The topological polar surface area (TPSA) is 80.0 Å². The Hall–Kier alpha value is -1.73. The number of aryl methyl sites for hydroxylation is 1. The van der Waals surface area contributed by atoms with Crippen LogP contribution in [0.25, 0.3) is 0 Å². The molecule has 0 aliphatic rings. The maximum atomic E-state index is 12.1. The first-order valence-corrected chi connectivity index (χ1v) is 6.79. The fourth-order valence-corrected chi connectivity index (χ4v) is 2.20. The summed E-state index contributed by atoms with van der Waals surface area (Å²) in [4.78, 5) is 12.1. The second-order valence-corrected chi connectivity index (χ2v) is 5.65. The van der Waals surface area contributed by atoms with E-state index in [0.717, 1.165) is 10.0 Å². The zero-order chi connectivity index (χ0) is 14.8. The van der Waals surface area contributed by atoms with Crippen LogP contribution >= 0.6 is 15.9 Å². The molecule has 20 heavy (non-hydrogen) atoms. The number of nitrogens with zero attached hydrogens (tertiary/aromatic N) is 3. The van der Waals surface area contributed by atoms with Crippen molar-refractivity contribution in [1.82, 2.24) is 20.3 Å². The van der Waals surface area contributed by atoms with Gasteiger partial charge in [0.1, 0.15) is 0 Å². The molecular formula is C13H15BrN4O2. The Morgan fingerprint density at radius 1 is 1.55 bits per heavy atom. The Labute approximate surface area is 124 Å². The van der Waals surface area contributed by atoms with E-state index < -0.39 is 5.54 Å². The molecule has 106 valence electrons. The summed E-state index contributed by atoms with van der Waals surface area (Å²) in [6.45, 7) is 1.53. The quantitative estimate of drug-likeness (QED) is 0.878. The Balaban J connectivity index is 2.25. The van der Waals surface area contributed by atoms with Gasteiger partial charge in [-0.2, -0.15) is 0 Å². The van der Waals surface area contributed by atoms with Crippen LogP contribution in [0.4, 0.5) is 0 Å². The van der Waals surface area contributed by atoms with Crippen LogP contribution in [0.3, 0.4) is 0 Å². The number of hydrogen-bond acceptors (Lipinski definition) is 4. The van der Waals surface area contributed by atoms with Gasteiger partial charge in [0.25, 0.3) is 5.91 Å². The minimum atomic E-state index is -0.890. The van der Waals surface area contributed by atoms with Crippen LogP contribution in [0.2, 0.25) is 0 Å². The van der Waals surface area contributed by atoms with Gasteiger partial charge in [-0.1, -0.05) is 33.3 Å². The van der Waals surface area contributed by atoms with Crippen LogP contribution in [0, 0.1) is 0 Å². The van der Waals surface area contributed by atoms with Crippen molar-refractivity contribution in [2.45, 2.75) is 12.5 Å². The molecule has 1 heterocycles. The number of aromatic nitrogens is 3. The van der Waals surface area contributed by atoms with E-state index in [1.807, 2.05) is 24.3 Å². The fourth-order valence-electron chi connectivity index (χ4n) is 1.80. The van der Waals surface area contributed by atoms with Gasteiger partial charge in [0, 0.05) is 11.5 Å². The third-order valence-electron chi connectivity index (χ3n) is 3.00. The molecule has 1 atom stereocenters. The summed E-state index contributed by atoms with van der Waals surface area (Å²) >= 11 is 3.38. The van der Waals surface area contributed by atoms with Crippen molar-refractivity contribution in [3.05, 3.63) is 46.2 Å². The number of aliphatic hydroxyl groups excluding tert-OH is 1. The van der Waals surface area contributed by atoms with Crippen molar-refractivity contribution in [2.24, 2.45) is 7.05 Å². The highest BCUT2D eigenvalue weighted by molar-refractivity contribution is 9.10. The average Bonchev–Trinajstić information content (AvgIpc) is 2.85. The molecular weight excluding hydrogens is 324 g/mol. The Kier molecular flexibility index (Phi) is 4.20. The third-order valence-corrected chi connectivity index (χ3v) is 3.50. The number of carbonyl (C=O) groups excluding carboxylic acids is 1. The normalized spacial score (nSPS) is 13.8. The number of rotatable bonds is 4. The first-order valence-electron chi connectivity index (χ1n) is 6.00. The SMILES string of the molecule is Cn1cc(C(=O)NC(C)(CO)c2cccc(Br)c2)nn1. The molecule has 1 aromatic heterocycles. The van der Waals surface area contributed by atoms with Crippen molar-refractivity contribution in [1.29, 1.82) is 0 Å². The lowest BCUT2D eigenvalue weighted by molar-refractivity contribution is 0.0844. The molecule has 0 bridgehead atoms. The molecule has 0 spiro atoms. The fraction of sp³-hybridized carbons (Fsp3) is 0.308. The molecule has 0 radical (unpaired) electrons. The van der Waals surface area contributed by atoms with Gasteiger partial charge >= 0.3 is 0 Å². The lowest BCUT2D eigenvalue weighted by Crippen LogP contribution is -2.46. The molecule has 2 aromatic rings. The van der Waals surface area contributed by atoms with Crippen LogP contribution in [0.5, 0.6) is 0 Å². The van der Waals surface area contributed by atoms with E-state index in [4.69, 9.17) is 0 Å². The summed E-state index contributed by atoms with van der Waals surface area (Å²) < 4.78 is 2.33. The molecule has 1 unspecified atom stereocenters. The third kappa shape index (κ3) is 3.05. The van der Waals surface area contributed by atoms with Gasteiger partial charge < -0.3 is 10.4 Å². The smallest absolute Gasteiger partial charge is 0.274 e. The number of halogens is 1. The number of amides is 1. The van der Waals surface area contributed by atoms with Gasteiger partial charge in [-0.05, 0) is 24.6 Å². The van der Waals surface area contributed by atoms with Crippen molar-refractivity contribution in [3.8, 4) is 0 Å². The molecule has 0 saturated heterocycles. The van der Waals surface area contributed by atoms with Gasteiger partial charge in [-0.3, -0.25) is 9.48 Å². The maximum absolute atomic E-state index is 12.1. The second-order valence-electron chi connectivity index (χ2n) is 4.73. The van der Waals surface area contributed by atoms with Crippen LogP contribution in [0.1, 0.15) is 23.0 Å².